The number of aliphatic carboxylic acids is 1. The zero-order valence-corrected chi connectivity index (χ0v) is 11.8. The molecule has 21 heavy (non-hydrogen) atoms. The minimum Gasteiger partial charge on any atom is -0.480 e. The van der Waals surface area contributed by atoms with Crippen molar-refractivity contribution >= 4 is 18.0 Å². The number of carbonyl (C=O) groups excluding carboxylic acids is 2. The third-order valence-corrected chi connectivity index (χ3v) is 2.68. The zero-order valence-electron chi connectivity index (χ0n) is 11.8. The largest absolute Gasteiger partial charge is 0.480 e. The lowest BCUT2D eigenvalue weighted by molar-refractivity contribution is -0.140. The van der Waals surface area contributed by atoms with Gasteiger partial charge in [0.1, 0.15) is 12.6 Å². The first-order valence-electron chi connectivity index (χ1n) is 6.37. The second-order valence-electron chi connectivity index (χ2n) is 4.51. The number of rotatable bonds is 6. The minimum atomic E-state index is -1.27. The molecule has 0 saturated heterocycles. The first-order valence-corrected chi connectivity index (χ1v) is 6.37. The maximum Gasteiger partial charge on any atom is 0.408 e. The third kappa shape index (κ3) is 5.94. The van der Waals surface area contributed by atoms with Crippen LogP contribution in [-0.2, 0) is 20.9 Å². The molecule has 114 valence electrons. The molecule has 0 spiro atoms. The van der Waals surface area contributed by atoms with Crippen LogP contribution in [0.25, 0.3) is 0 Å². The van der Waals surface area contributed by atoms with E-state index in [1.54, 1.807) is 24.3 Å². The van der Waals surface area contributed by atoms with E-state index in [9.17, 15) is 14.4 Å². The molecule has 0 aliphatic heterocycles. The summed E-state index contributed by atoms with van der Waals surface area (Å²) in [5.74, 6) is -1.64. The lowest BCUT2D eigenvalue weighted by Gasteiger charge is -2.21. The van der Waals surface area contributed by atoms with E-state index >= 15 is 0 Å². The van der Waals surface area contributed by atoms with Crippen molar-refractivity contribution in [3.05, 3.63) is 35.9 Å². The smallest absolute Gasteiger partial charge is 0.408 e. The van der Waals surface area contributed by atoms with Crippen molar-refractivity contribution in [3.8, 4) is 0 Å². The fraction of sp³-hybridized carbons (Fsp3) is 0.357. The van der Waals surface area contributed by atoms with E-state index in [1.165, 1.54) is 13.8 Å². The highest BCUT2D eigenvalue weighted by Gasteiger charge is 2.27. The Labute approximate surface area is 122 Å². The van der Waals surface area contributed by atoms with Gasteiger partial charge in [0.05, 0.1) is 6.04 Å². The molecule has 0 saturated carbocycles. The summed E-state index contributed by atoms with van der Waals surface area (Å²) in [5, 5.41) is 13.7. The van der Waals surface area contributed by atoms with E-state index in [2.05, 4.69) is 10.6 Å². The maximum atomic E-state index is 11.6. The van der Waals surface area contributed by atoms with Crippen LogP contribution in [0.3, 0.4) is 0 Å². The van der Waals surface area contributed by atoms with Crippen molar-refractivity contribution in [2.24, 2.45) is 0 Å². The summed E-state index contributed by atoms with van der Waals surface area (Å²) in [4.78, 5) is 33.7. The highest BCUT2D eigenvalue weighted by molar-refractivity contribution is 5.82. The average molecular weight is 294 g/mol. The molecule has 1 aromatic rings. The van der Waals surface area contributed by atoms with Crippen LogP contribution >= 0.6 is 0 Å². The fourth-order valence-electron chi connectivity index (χ4n) is 1.70. The highest BCUT2D eigenvalue weighted by Crippen LogP contribution is 2.01. The van der Waals surface area contributed by atoms with E-state index in [-0.39, 0.29) is 12.5 Å². The van der Waals surface area contributed by atoms with Gasteiger partial charge in [-0.05, 0) is 12.5 Å². The summed E-state index contributed by atoms with van der Waals surface area (Å²) >= 11 is 0. The Morgan fingerprint density at radius 1 is 1.19 bits per heavy atom. The number of alkyl carbamates (subject to hydrolysis) is 1. The molecule has 3 N–H and O–H groups in total. The van der Waals surface area contributed by atoms with Crippen LogP contribution in [0.1, 0.15) is 19.4 Å². The molecule has 7 nitrogen and oxygen atoms in total. The van der Waals surface area contributed by atoms with Gasteiger partial charge in [0, 0.05) is 6.92 Å². The van der Waals surface area contributed by atoms with Crippen LogP contribution < -0.4 is 10.6 Å². The van der Waals surface area contributed by atoms with Crippen molar-refractivity contribution < 1.29 is 24.2 Å². The van der Waals surface area contributed by atoms with Crippen LogP contribution in [0.15, 0.2) is 30.3 Å². The van der Waals surface area contributed by atoms with Gasteiger partial charge < -0.3 is 20.5 Å². The van der Waals surface area contributed by atoms with Crippen molar-refractivity contribution in [1.29, 1.82) is 0 Å². The van der Waals surface area contributed by atoms with Crippen LogP contribution in [0.4, 0.5) is 4.79 Å². The molecule has 0 aliphatic rings. The molecule has 2 unspecified atom stereocenters. The number of hydrogen-bond donors (Lipinski definition) is 3. The standard InChI is InChI=1S/C14H18N2O5/c1-9(15-10(2)17)12(13(18)19)16-14(20)21-8-11-6-4-3-5-7-11/h3-7,9,12H,8H2,1-2H3,(H,15,17)(H,16,20)(H,18,19). The number of nitrogens with one attached hydrogen (secondary N) is 2. The molecule has 1 rings (SSSR count). The highest BCUT2D eigenvalue weighted by atomic mass is 16.5. The van der Waals surface area contributed by atoms with Crippen LogP contribution in [0.2, 0.25) is 0 Å². The summed E-state index contributed by atoms with van der Waals surface area (Å²) in [6.07, 6.45) is -0.858. The van der Waals surface area contributed by atoms with E-state index < -0.39 is 24.1 Å². The first kappa shape index (κ1) is 16.5. The quantitative estimate of drug-likeness (QED) is 0.722. The summed E-state index contributed by atoms with van der Waals surface area (Å²) < 4.78 is 4.94. The Bertz CT molecular complexity index is 503. The van der Waals surface area contributed by atoms with Gasteiger partial charge in [0.15, 0.2) is 0 Å². The van der Waals surface area contributed by atoms with Crippen LogP contribution in [-0.4, -0.2) is 35.2 Å². The summed E-state index contributed by atoms with van der Waals surface area (Å²) in [6.45, 7) is 2.79. The predicted octanol–water partition coefficient (Wildman–Crippen LogP) is 0.891. The van der Waals surface area contributed by atoms with E-state index in [0.29, 0.717) is 0 Å². The molecule has 0 bridgehead atoms. The Hall–Kier alpha value is -2.57. The Morgan fingerprint density at radius 2 is 1.81 bits per heavy atom. The normalized spacial score (nSPS) is 12.9. The van der Waals surface area contributed by atoms with E-state index in [1.807, 2.05) is 6.07 Å². The van der Waals surface area contributed by atoms with Crippen LogP contribution in [0, 0.1) is 0 Å². The third-order valence-electron chi connectivity index (χ3n) is 2.68. The monoisotopic (exact) mass is 294 g/mol. The predicted molar refractivity (Wildman–Crippen MR) is 74.5 cm³/mol. The SMILES string of the molecule is CC(=O)NC(C)C(NC(=O)OCc1ccccc1)C(=O)O. The van der Waals surface area contributed by atoms with Gasteiger partial charge in [0.2, 0.25) is 5.91 Å². The molecule has 0 heterocycles. The molecule has 0 aromatic heterocycles. The number of benzene rings is 1. The number of carboxylic acid groups (broad SMARTS) is 1. The van der Waals surface area contributed by atoms with Gasteiger partial charge in [-0.1, -0.05) is 30.3 Å². The van der Waals surface area contributed by atoms with Gasteiger partial charge in [-0.25, -0.2) is 9.59 Å². The molecular formula is C14H18N2O5. The number of ether oxygens (including phenoxy) is 1. The number of carbonyl (C=O) groups is 3. The second kappa shape index (κ2) is 7.88. The Kier molecular flexibility index (Phi) is 6.19. The van der Waals surface area contributed by atoms with Gasteiger partial charge in [-0.3, -0.25) is 4.79 Å². The van der Waals surface area contributed by atoms with Crippen molar-refractivity contribution in [3.63, 3.8) is 0 Å². The maximum absolute atomic E-state index is 11.6. The minimum absolute atomic E-state index is 0.0352. The number of amides is 2. The average Bonchev–Trinajstić information content (AvgIpc) is 2.42. The summed E-state index contributed by atoms with van der Waals surface area (Å²) in [7, 11) is 0. The molecule has 1 aromatic carbocycles. The van der Waals surface area contributed by atoms with Gasteiger partial charge >= 0.3 is 12.1 Å². The van der Waals surface area contributed by atoms with E-state index in [4.69, 9.17) is 9.84 Å². The van der Waals surface area contributed by atoms with Gasteiger partial charge in [-0.15, -0.1) is 0 Å². The second-order valence-corrected chi connectivity index (χ2v) is 4.51. The molecule has 0 radical (unpaired) electrons. The van der Waals surface area contributed by atoms with Gasteiger partial charge in [-0.2, -0.15) is 0 Å². The number of carboxylic acids is 1. The van der Waals surface area contributed by atoms with Crippen molar-refractivity contribution in [1.82, 2.24) is 10.6 Å². The topological polar surface area (TPSA) is 105 Å². The molecule has 0 fully saturated rings. The molecule has 0 aliphatic carbocycles. The van der Waals surface area contributed by atoms with E-state index in [0.717, 1.165) is 5.56 Å². The number of hydrogen-bond acceptors (Lipinski definition) is 4. The lowest BCUT2D eigenvalue weighted by Crippen LogP contribution is -2.54. The zero-order chi connectivity index (χ0) is 15.8. The van der Waals surface area contributed by atoms with Crippen LogP contribution in [0.5, 0.6) is 0 Å². The summed E-state index contributed by atoms with van der Waals surface area (Å²) in [6, 6.07) is 6.97. The molecular weight excluding hydrogens is 276 g/mol. The van der Waals surface area contributed by atoms with Crippen molar-refractivity contribution in [2.45, 2.75) is 32.5 Å². The Morgan fingerprint density at radius 3 is 2.33 bits per heavy atom. The molecule has 2 atom stereocenters. The molecule has 7 heteroatoms. The lowest BCUT2D eigenvalue weighted by atomic mass is 10.1. The fourth-order valence-corrected chi connectivity index (χ4v) is 1.70. The Balaban J connectivity index is 2.52. The molecule has 2 amide bonds. The first-order chi connectivity index (χ1) is 9.90. The summed E-state index contributed by atoms with van der Waals surface area (Å²) in [5.41, 5.74) is 0.787. The van der Waals surface area contributed by atoms with Crippen molar-refractivity contribution in [2.75, 3.05) is 0 Å². The van der Waals surface area contributed by atoms with Gasteiger partial charge in [0.25, 0.3) is 0 Å².